The number of carboxylic acid groups (broad SMARTS) is 2. The highest BCUT2D eigenvalue weighted by atomic mass is 16.4. The quantitative estimate of drug-likeness (QED) is 0.276. The zero-order valence-electron chi connectivity index (χ0n) is 16.3. The third-order valence-corrected chi connectivity index (χ3v) is 4.52. The second-order valence-corrected chi connectivity index (χ2v) is 6.59. The normalized spacial score (nSPS) is 12.9. The Morgan fingerprint density at radius 1 is 0.920 bits per heavy atom. The summed E-state index contributed by atoms with van der Waals surface area (Å²) in [5.41, 5.74) is 2.43. The van der Waals surface area contributed by atoms with Crippen molar-refractivity contribution in [1.29, 1.82) is 0 Å². The highest BCUT2D eigenvalue weighted by molar-refractivity contribution is 5.93. The fourth-order valence-electron chi connectivity index (χ4n) is 2.66. The monoisotopic (exact) mass is 353 g/mol. The van der Waals surface area contributed by atoms with Crippen LogP contribution in [0.5, 0.6) is 0 Å². The van der Waals surface area contributed by atoms with Gasteiger partial charge in [-0.3, -0.25) is 9.59 Å². The largest absolute Gasteiger partial charge is 0.481 e. The van der Waals surface area contributed by atoms with Crippen molar-refractivity contribution in [2.75, 3.05) is 19.6 Å². The fourth-order valence-corrected chi connectivity index (χ4v) is 2.66. The standard InChI is InChI=1S/C20H35NO4/c1-5-21(6-2)15-8-7-10-16(3)11-9-12-17(4)13-14-18(19(22)23)20(24)25/h11,13,18H,5-10,12,14-15H2,1-4H3,(H,22,23)(H,24,25). The molecule has 0 aliphatic heterocycles. The summed E-state index contributed by atoms with van der Waals surface area (Å²) in [6, 6.07) is 0. The minimum absolute atomic E-state index is 0.0462. The molecule has 5 heteroatoms. The summed E-state index contributed by atoms with van der Waals surface area (Å²) in [4.78, 5) is 24.1. The average molecular weight is 354 g/mol. The van der Waals surface area contributed by atoms with E-state index in [1.165, 1.54) is 18.4 Å². The van der Waals surface area contributed by atoms with Crippen LogP contribution in [0.4, 0.5) is 0 Å². The molecular formula is C20H35NO4. The zero-order valence-corrected chi connectivity index (χ0v) is 16.3. The molecule has 0 amide bonds. The molecule has 0 rings (SSSR count). The van der Waals surface area contributed by atoms with Crippen molar-refractivity contribution < 1.29 is 19.8 Å². The van der Waals surface area contributed by atoms with Gasteiger partial charge in [-0.25, -0.2) is 0 Å². The van der Waals surface area contributed by atoms with Gasteiger partial charge in [-0.05, 0) is 72.0 Å². The lowest BCUT2D eigenvalue weighted by molar-refractivity contribution is -0.154. The van der Waals surface area contributed by atoms with Crippen LogP contribution < -0.4 is 0 Å². The molecule has 0 aliphatic carbocycles. The Labute approximate surface area is 152 Å². The highest BCUT2D eigenvalue weighted by Gasteiger charge is 2.24. The number of nitrogens with zero attached hydrogens (tertiary/aromatic N) is 1. The van der Waals surface area contributed by atoms with Crippen LogP contribution in [0.3, 0.4) is 0 Å². The van der Waals surface area contributed by atoms with E-state index in [-0.39, 0.29) is 6.42 Å². The molecular weight excluding hydrogens is 318 g/mol. The van der Waals surface area contributed by atoms with Gasteiger partial charge in [0.2, 0.25) is 0 Å². The Morgan fingerprint density at radius 2 is 1.48 bits per heavy atom. The van der Waals surface area contributed by atoms with Crippen LogP contribution >= 0.6 is 0 Å². The minimum atomic E-state index is -1.35. The van der Waals surface area contributed by atoms with Crippen molar-refractivity contribution in [1.82, 2.24) is 4.90 Å². The summed E-state index contributed by atoms with van der Waals surface area (Å²) in [5.74, 6) is -3.91. The van der Waals surface area contributed by atoms with E-state index in [1.807, 2.05) is 6.92 Å². The topological polar surface area (TPSA) is 77.8 Å². The summed E-state index contributed by atoms with van der Waals surface area (Å²) in [5, 5.41) is 17.7. The van der Waals surface area contributed by atoms with Crippen LogP contribution in [-0.4, -0.2) is 46.7 Å². The van der Waals surface area contributed by atoms with Crippen LogP contribution in [0.2, 0.25) is 0 Å². The van der Waals surface area contributed by atoms with Gasteiger partial charge >= 0.3 is 11.9 Å². The van der Waals surface area contributed by atoms with Crippen LogP contribution in [-0.2, 0) is 9.59 Å². The molecule has 0 saturated heterocycles. The van der Waals surface area contributed by atoms with Crippen molar-refractivity contribution in [3.63, 3.8) is 0 Å². The molecule has 0 spiro atoms. The maximum absolute atomic E-state index is 10.8. The Bertz CT molecular complexity index is 450. The van der Waals surface area contributed by atoms with E-state index in [0.717, 1.165) is 44.5 Å². The first-order chi connectivity index (χ1) is 11.8. The smallest absolute Gasteiger partial charge is 0.318 e. The van der Waals surface area contributed by atoms with Crippen LogP contribution in [0.25, 0.3) is 0 Å². The zero-order chi connectivity index (χ0) is 19.2. The average Bonchev–Trinajstić information content (AvgIpc) is 2.54. The molecule has 0 saturated carbocycles. The van der Waals surface area contributed by atoms with E-state index in [9.17, 15) is 9.59 Å². The lowest BCUT2D eigenvalue weighted by atomic mass is 10.0. The molecule has 0 atom stereocenters. The Morgan fingerprint density at radius 3 is 2.00 bits per heavy atom. The number of carboxylic acids is 2. The van der Waals surface area contributed by atoms with Crippen LogP contribution in [0.1, 0.15) is 66.2 Å². The van der Waals surface area contributed by atoms with Gasteiger partial charge in [0.15, 0.2) is 5.92 Å². The van der Waals surface area contributed by atoms with Crippen molar-refractivity contribution in [2.24, 2.45) is 5.92 Å². The molecule has 0 bridgehead atoms. The predicted octanol–water partition coefficient (Wildman–Crippen LogP) is 4.35. The third-order valence-electron chi connectivity index (χ3n) is 4.52. The van der Waals surface area contributed by atoms with Gasteiger partial charge in [0.05, 0.1) is 0 Å². The van der Waals surface area contributed by atoms with Crippen molar-refractivity contribution in [3.8, 4) is 0 Å². The Kier molecular flexibility index (Phi) is 12.8. The first-order valence-electron chi connectivity index (χ1n) is 9.30. The maximum atomic E-state index is 10.8. The van der Waals surface area contributed by atoms with Crippen LogP contribution in [0, 0.1) is 5.92 Å². The Hall–Kier alpha value is -1.62. The van der Waals surface area contributed by atoms with E-state index in [2.05, 4.69) is 31.7 Å². The summed E-state index contributed by atoms with van der Waals surface area (Å²) in [7, 11) is 0. The molecule has 5 nitrogen and oxygen atoms in total. The van der Waals surface area contributed by atoms with Crippen molar-refractivity contribution in [3.05, 3.63) is 23.3 Å². The predicted molar refractivity (Wildman–Crippen MR) is 102 cm³/mol. The van der Waals surface area contributed by atoms with E-state index in [1.54, 1.807) is 6.08 Å². The maximum Gasteiger partial charge on any atom is 0.318 e. The SMILES string of the molecule is CCN(CC)CCCCC(C)=CCCC(C)=CCC(C(=O)O)C(=O)O. The van der Waals surface area contributed by atoms with Crippen molar-refractivity contribution in [2.45, 2.75) is 66.2 Å². The van der Waals surface area contributed by atoms with Gasteiger partial charge in [-0.15, -0.1) is 0 Å². The molecule has 0 aromatic carbocycles. The van der Waals surface area contributed by atoms with Gasteiger partial charge in [-0.1, -0.05) is 37.1 Å². The number of allylic oxidation sites excluding steroid dienone is 4. The molecule has 2 N–H and O–H groups in total. The summed E-state index contributed by atoms with van der Waals surface area (Å²) < 4.78 is 0. The molecule has 0 aromatic heterocycles. The van der Waals surface area contributed by atoms with Gasteiger partial charge in [-0.2, -0.15) is 0 Å². The number of carbonyl (C=O) groups is 2. The number of unbranched alkanes of at least 4 members (excludes halogenated alkanes) is 1. The highest BCUT2D eigenvalue weighted by Crippen LogP contribution is 2.14. The van der Waals surface area contributed by atoms with Crippen molar-refractivity contribution >= 4 is 11.9 Å². The molecule has 0 fully saturated rings. The lowest BCUT2D eigenvalue weighted by Crippen LogP contribution is -2.23. The fraction of sp³-hybridized carbons (Fsp3) is 0.700. The molecule has 25 heavy (non-hydrogen) atoms. The first kappa shape index (κ1) is 23.4. The minimum Gasteiger partial charge on any atom is -0.481 e. The van der Waals surface area contributed by atoms with Gasteiger partial charge < -0.3 is 15.1 Å². The summed E-state index contributed by atoms with van der Waals surface area (Å²) in [6.07, 6.45) is 9.30. The Balaban J connectivity index is 4.09. The number of rotatable bonds is 14. The van der Waals surface area contributed by atoms with E-state index < -0.39 is 17.9 Å². The lowest BCUT2D eigenvalue weighted by Gasteiger charge is -2.17. The van der Waals surface area contributed by atoms with Crippen LogP contribution in [0.15, 0.2) is 23.3 Å². The summed E-state index contributed by atoms with van der Waals surface area (Å²) in [6.45, 7) is 11.9. The van der Waals surface area contributed by atoms with E-state index >= 15 is 0 Å². The molecule has 0 unspecified atom stereocenters. The molecule has 0 heterocycles. The van der Waals surface area contributed by atoms with E-state index in [0.29, 0.717) is 0 Å². The summed E-state index contributed by atoms with van der Waals surface area (Å²) >= 11 is 0. The van der Waals surface area contributed by atoms with Gasteiger partial charge in [0, 0.05) is 0 Å². The second-order valence-electron chi connectivity index (χ2n) is 6.59. The number of hydrogen-bond donors (Lipinski definition) is 2. The second kappa shape index (κ2) is 13.6. The first-order valence-corrected chi connectivity index (χ1v) is 9.30. The molecule has 144 valence electrons. The molecule has 0 aromatic rings. The van der Waals surface area contributed by atoms with Gasteiger partial charge in [0.25, 0.3) is 0 Å². The van der Waals surface area contributed by atoms with Gasteiger partial charge in [0.1, 0.15) is 0 Å². The number of aliphatic carboxylic acids is 2. The van der Waals surface area contributed by atoms with E-state index in [4.69, 9.17) is 10.2 Å². The number of hydrogen-bond acceptors (Lipinski definition) is 3. The molecule has 0 aliphatic rings. The molecule has 0 radical (unpaired) electrons. The third kappa shape index (κ3) is 11.5.